The minimum atomic E-state index is -0.0840. The lowest BCUT2D eigenvalue weighted by Crippen LogP contribution is -2.53. The molecule has 3 fully saturated rings. The van der Waals surface area contributed by atoms with Gasteiger partial charge in [-0.1, -0.05) is 18.2 Å². The molecule has 1 aromatic carbocycles. The third kappa shape index (κ3) is 3.99. The van der Waals surface area contributed by atoms with Crippen LogP contribution in [0.15, 0.2) is 24.3 Å². The molecule has 1 aromatic rings. The molecule has 5 rings (SSSR count). The zero-order valence-corrected chi connectivity index (χ0v) is 18.5. The fourth-order valence-electron chi connectivity index (χ4n) is 6.04. The molecule has 3 atom stereocenters. The van der Waals surface area contributed by atoms with Crippen molar-refractivity contribution in [3.63, 3.8) is 0 Å². The highest BCUT2D eigenvalue weighted by atomic mass is 16.5. The standard InChI is InChI=1S/C24H34N4O3/c1-26-19(6-7-22(29)28-12-8-17-4-2-3-5-20(17)28)16-25-24(30)23-21(26)9-13-27(23)18-10-14-31-15-11-18/h2-5,18-19,21,23H,6-16H2,1H3,(H,25,30)/t19-,21+,23-/m0/s1. The van der Waals surface area contributed by atoms with Crippen molar-refractivity contribution in [3.05, 3.63) is 29.8 Å². The van der Waals surface area contributed by atoms with Gasteiger partial charge in [0.1, 0.15) is 6.04 Å². The first-order valence-corrected chi connectivity index (χ1v) is 11.8. The van der Waals surface area contributed by atoms with Crippen molar-refractivity contribution in [1.82, 2.24) is 15.1 Å². The van der Waals surface area contributed by atoms with Crippen LogP contribution in [0.5, 0.6) is 0 Å². The van der Waals surface area contributed by atoms with Gasteiger partial charge in [-0.3, -0.25) is 19.4 Å². The number of amides is 2. The normalized spacial score (nSPS) is 30.0. The Labute approximate surface area is 184 Å². The summed E-state index contributed by atoms with van der Waals surface area (Å²) in [6, 6.07) is 8.97. The minimum absolute atomic E-state index is 0.0840. The van der Waals surface area contributed by atoms with Crippen LogP contribution in [-0.4, -0.2) is 85.7 Å². The first-order chi connectivity index (χ1) is 15.1. The lowest BCUT2D eigenvalue weighted by molar-refractivity contribution is -0.127. The van der Waals surface area contributed by atoms with Gasteiger partial charge in [-0.15, -0.1) is 0 Å². The minimum Gasteiger partial charge on any atom is -0.381 e. The maximum absolute atomic E-state index is 13.0. The number of likely N-dealkylation sites (tertiary alicyclic amines) is 1. The Hall–Kier alpha value is -1.96. The van der Waals surface area contributed by atoms with E-state index in [1.165, 1.54) is 5.56 Å². The maximum atomic E-state index is 13.0. The third-order valence-electron chi connectivity index (χ3n) is 7.82. The van der Waals surface area contributed by atoms with E-state index < -0.39 is 0 Å². The summed E-state index contributed by atoms with van der Waals surface area (Å²) in [5.74, 6) is 0.351. The molecular weight excluding hydrogens is 392 g/mol. The molecule has 1 N–H and O–H groups in total. The van der Waals surface area contributed by atoms with Crippen molar-refractivity contribution in [2.24, 2.45) is 0 Å². The Balaban J connectivity index is 1.23. The Morgan fingerprint density at radius 3 is 2.81 bits per heavy atom. The second kappa shape index (κ2) is 8.88. The highest BCUT2D eigenvalue weighted by Gasteiger charge is 2.47. The second-order valence-electron chi connectivity index (χ2n) is 9.41. The van der Waals surface area contributed by atoms with Crippen molar-refractivity contribution in [3.8, 4) is 0 Å². The van der Waals surface area contributed by atoms with Crippen LogP contribution in [-0.2, 0) is 20.7 Å². The van der Waals surface area contributed by atoms with Gasteiger partial charge in [0.25, 0.3) is 0 Å². The van der Waals surface area contributed by atoms with E-state index in [9.17, 15) is 9.59 Å². The van der Waals surface area contributed by atoms with E-state index in [-0.39, 0.29) is 29.9 Å². The van der Waals surface area contributed by atoms with Gasteiger partial charge >= 0.3 is 0 Å². The number of carbonyl (C=O) groups is 2. The van der Waals surface area contributed by atoms with E-state index in [4.69, 9.17) is 4.74 Å². The Morgan fingerprint density at radius 2 is 1.97 bits per heavy atom. The number of ether oxygens (including phenoxy) is 1. The fourth-order valence-corrected chi connectivity index (χ4v) is 6.04. The monoisotopic (exact) mass is 426 g/mol. The van der Waals surface area contributed by atoms with Gasteiger partial charge in [0.15, 0.2) is 0 Å². The molecule has 7 nitrogen and oxygen atoms in total. The summed E-state index contributed by atoms with van der Waals surface area (Å²) in [6.07, 6.45) is 5.25. The SMILES string of the molecule is CN1[C@@H](CCC(=O)N2CCc3ccccc32)CNC(=O)[C@@H]2[C@H]1CCN2C1CCOCC1. The topological polar surface area (TPSA) is 65.1 Å². The number of carbonyl (C=O) groups excluding carboxylic acids is 2. The number of nitrogens with zero attached hydrogens (tertiary/aromatic N) is 3. The van der Waals surface area contributed by atoms with Gasteiger partial charge < -0.3 is 15.0 Å². The van der Waals surface area contributed by atoms with Crippen LogP contribution in [0.2, 0.25) is 0 Å². The predicted molar refractivity (Wildman–Crippen MR) is 119 cm³/mol. The fraction of sp³-hybridized carbons (Fsp3) is 0.667. The molecule has 31 heavy (non-hydrogen) atoms. The van der Waals surface area contributed by atoms with Gasteiger partial charge in [0.05, 0.1) is 0 Å². The van der Waals surface area contributed by atoms with E-state index >= 15 is 0 Å². The molecular formula is C24H34N4O3. The third-order valence-corrected chi connectivity index (χ3v) is 7.82. The van der Waals surface area contributed by atoms with Gasteiger partial charge in [0.2, 0.25) is 11.8 Å². The number of anilines is 1. The number of likely N-dealkylation sites (N-methyl/N-ethyl adjacent to an activating group) is 1. The number of rotatable bonds is 4. The molecule has 3 saturated heterocycles. The largest absolute Gasteiger partial charge is 0.381 e. The molecule has 2 amide bonds. The quantitative estimate of drug-likeness (QED) is 0.789. The zero-order chi connectivity index (χ0) is 21.4. The van der Waals surface area contributed by atoms with Crippen LogP contribution < -0.4 is 10.2 Å². The van der Waals surface area contributed by atoms with Crippen LogP contribution in [0.1, 0.15) is 37.7 Å². The van der Waals surface area contributed by atoms with Crippen LogP contribution in [0.4, 0.5) is 5.69 Å². The number of para-hydroxylation sites is 1. The van der Waals surface area contributed by atoms with E-state index in [0.29, 0.717) is 19.0 Å². The molecule has 4 aliphatic rings. The first-order valence-electron chi connectivity index (χ1n) is 11.8. The molecule has 0 unspecified atom stereocenters. The summed E-state index contributed by atoms with van der Waals surface area (Å²) in [5, 5.41) is 3.20. The van der Waals surface area contributed by atoms with Crippen LogP contribution in [0.3, 0.4) is 0 Å². The summed E-state index contributed by atoms with van der Waals surface area (Å²) in [5.41, 5.74) is 2.33. The molecule has 4 heterocycles. The zero-order valence-electron chi connectivity index (χ0n) is 18.5. The Kier molecular flexibility index (Phi) is 5.99. The van der Waals surface area contributed by atoms with Gasteiger partial charge in [-0.05, 0) is 50.8 Å². The number of hydrogen-bond acceptors (Lipinski definition) is 5. The predicted octanol–water partition coefficient (Wildman–Crippen LogP) is 1.41. The Bertz CT molecular complexity index is 825. The Morgan fingerprint density at radius 1 is 1.16 bits per heavy atom. The van der Waals surface area contributed by atoms with Gasteiger partial charge in [-0.2, -0.15) is 0 Å². The first kappa shape index (κ1) is 20.9. The summed E-state index contributed by atoms with van der Waals surface area (Å²) < 4.78 is 5.53. The average molecular weight is 427 g/mol. The smallest absolute Gasteiger partial charge is 0.239 e. The van der Waals surface area contributed by atoms with Crippen molar-refractivity contribution in [2.75, 3.05) is 44.8 Å². The summed E-state index contributed by atoms with van der Waals surface area (Å²) in [7, 11) is 2.14. The number of fused-ring (bicyclic) bond motifs is 2. The molecule has 7 heteroatoms. The molecule has 0 aromatic heterocycles. The lowest BCUT2D eigenvalue weighted by Gasteiger charge is -2.37. The highest BCUT2D eigenvalue weighted by molar-refractivity contribution is 5.95. The number of hydrogen-bond donors (Lipinski definition) is 1. The summed E-state index contributed by atoms with van der Waals surface area (Å²) in [6.45, 7) is 3.95. The van der Waals surface area contributed by atoms with Crippen LogP contribution >= 0.6 is 0 Å². The average Bonchev–Trinajstić information content (AvgIpc) is 3.41. The molecule has 4 aliphatic heterocycles. The van der Waals surface area contributed by atoms with Crippen molar-refractivity contribution >= 4 is 17.5 Å². The highest BCUT2D eigenvalue weighted by Crippen LogP contribution is 2.32. The molecule has 0 radical (unpaired) electrons. The second-order valence-corrected chi connectivity index (χ2v) is 9.41. The number of benzene rings is 1. The maximum Gasteiger partial charge on any atom is 0.239 e. The van der Waals surface area contributed by atoms with E-state index in [1.807, 2.05) is 23.1 Å². The number of nitrogens with one attached hydrogen (secondary N) is 1. The van der Waals surface area contributed by atoms with Crippen LogP contribution in [0, 0.1) is 0 Å². The van der Waals surface area contributed by atoms with Gasteiger partial charge in [-0.25, -0.2) is 0 Å². The van der Waals surface area contributed by atoms with E-state index in [2.05, 4.69) is 28.2 Å². The van der Waals surface area contributed by atoms with Crippen LogP contribution in [0.25, 0.3) is 0 Å². The molecule has 168 valence electrons. The summed E-state index contributed by atoms with van der Waals surface area (Å²) in [4.78, 5) is 32.8. The van der Waals surface area contributed by atoms with Crippen molar-refractivity contribution in [2.45, 2.75) is 62.7 Å². The van der Waals surface area contributed by atoms with Crippen molar-refractivity contribution in [1.29, 1.82) is 0 Å². The van der Waals surface area contributed by atoms with Crippen molar-refractivity contribution < 1.29 is 14.3 Å². The summed E-state index contributed by atoms with van der Waals surface area (Å²) >= 11 is 0. The molecule has 0 spiro atoms. The molecule has 0 bridgehead atoms. The van der Waals surface area contributed by atoms with E-state index in [1.54, 1.807) is 0 Å². The molecule has 0 aliphatic carbocycles. The van der Waals surface area contributed by atoms with E-state index in [0.717, 1.165) is 64.1 Å². The van der Waals surface area contributed by atoms with Gasteiger partial charge in [0, 0.05) is 63.1 Å². The molecule has 0 saturated carbocycles. The lowest BCUT2D eigenvalue weighted by atomic mass is 10.0.